The largest absolute Gasteiger partial charge is 0.379 e. The molecule has 1 aliphatic rings. The van der Waals surface area contributed by atoms with Crippen LogP contribution in [-0.2, 0) is 4.74 Å². The monoisotopic (exact) mass is 263 g/mol. The van der Waals surface area contributed by atoms with Gasteiger partial charge in [0.2, 0.25) is 0 Å². The first-order valence-electron chi connectivity index (χ1n) is 6.54. The first-order valence-corrected chi connectivity index (χ1v) is 6.54. The predicted molar refractivity (Wildman–Crippen MR) is 74.7 cm³/mol. The number of amides is 1. The highest BCUT2D eigenvalue weighted by Crippen LogP contribution is 2.21. The van der Waals surface area contributed by atoms with Gasteiger partial charge in [0, 0.05) is 31.5 Å². The summed E-state index contributed by atoms with van der Waals surface area (Å²) < 4.78 is 5.44. The zero-order valence-corrected chi connectivity index (χ0v) is 11.4. The highest BCUT2D eigenvalue weighted by atomic mass is 16.5. The number of anilines is 1. The molecule has 1 saturated heterocycles. The third kappa shape index (κ3) is 3.05. The average Bonchev–Trinajstić information content (AvgIpc) is 2.47. The first-order chi connectivity index (χ1) is 9.15. The molecule has 1 aliphatic heterocycles. The fraction of sp³-hybridized carbons (Fsp3) is 0.500. The van der Waals surface area contributed by atoms with Crippen LogP contribution in [0.15, 0.2) is 24.3 Å². The zero-order chi connectivity index (χ0) is 13.8. The molecular formula is C14H21N3O2. The summed E-state index contributed by atoms with van der Waals surface area (Å²) in [6.07, 6.45) is 1.11. The van der Waals surface area contributed by atoms with Gasteiger partial charge in [0.1, 0.15) is 0 Å². The Morgan fingerprint density at radius 3 is 2.68 bits per heavy atom. The molecule has 0 aromatic heterocycles. The number of ether oxygens (including phenoxy) is 1. The lowest BCUT2D eigenvalue weighted by Gasteiger charge is -2.36. The molecule has 1 amide bonds. The molecule has 5 heteroatoms. The molecule has 1 aromatic carbocycles. The summed E-state index contributed by atoms with van der Waals surface area (Å²) in [5, 5.41) is 0. The summed E-state index contributed by atoms with van der Waals surface area (Å²) in [5.41, 5.74) is 4.02. The van der Waals surface area contributed by atoms with Gasteiger partial charge in [-0.2, -0.15) is 0 Å². The van der Waals surface area contributed by atoms with Gasteiger partial charge in [-0.05, 0) is 36.6 Å². The van der Waals surface area contributed by atoms with E-state index < -0.39 is 0 Å². The lowest BCUT2D eigenvalue weighted by atomic mass is 9.95. The second kappa shape index (κ2) is 6.04. The van der Waals surface area contributed by atoms with Crippen molar-refractivity contribution in [2.75, 3.05) is 25.6 Å². The van der Waals surface area contributed by atoms with Crippen LogP contribution in [0.5, 0.6) is 0 Å². The Hall–Kier alpha value is -1.59. The second-order valence-corrected chi connectivity index (χ2v) is 5.01. The molecule has 104 valence electrons. The Morgan fingerprint density at radius 2 is 2.11 bits per heavy atom. The van der Waals surface area contributed by atoms with Gasteiger partial charge in [-0.15, -0.1) is 0 Å². The summed E-state index contributed by atoms with van der Waals surface area (Å²) in [7, 11) is 1.71. The minimum atomic E-state index is 0.0533. The third-order valence-corrected chi connectivity index (χ3v) is 3.78. The van der Waals surface area contributed by atoms with Crippen LogP contribution in [0.25, 0.3) is 0 Å². The molecular weight excluding hydrogens is 242 g/mol. The normalized spacial score (nSPS) is 23.2. The molecule has 1 heterocycles. The van der Waals surface area contributed by atoms with E-state index in [2.05, 4.69) is 12.3 Å². The van der Waals surface area contributed by atoms with Crippen molar-refractivity contribution in [1.29, 1.82) is 0 Å². The van der Waals surface area contributed by atoms with Crippen LogP contribution in [-0.4, -0.2) is 37.1 Å². The number of hydrogen-bond donors (Lipinski definition) is 2. The standard InChI is InChI=1S/C14H21N3O2/c1-10-7-8-17(9-13(10)19-2)14(18)11-3-5-12(16-15)6-4-11/h3-6,10,13,16H,7-9,15H2,1-2H3. The van der Waals surface area contributed by atoms with Crippen molar-refractivity contribution >= 4 is 11.6 Å². The van der Waals surface area contributed by atoms with Crippen LogP contribution >= 0.6 is 0 Å². The number of nitrogen functional groups attached to an aromatic ring is 1. The minimum Gasteiger partial charge on any atom is -0.379 e. The Kier molecular flexibility index (Phi) is 4.39. The maximum atomic E-state index is 12.4. The van der Waals surface area contributed by atoms with Gasteiger partial charge in [0.15, 0.2) is 0 Å². The Labute approximate surface area is 113 Å². The molecule has 1 aromatic rings. The molecule has 0 aliphatic carbocycles. The number of carbonyl (C=O) groups excluding carboxylic acids is 1. The van der Waals surface area contributed by atoms with Gasteiger partial charge in [-0.3, -0.25) is 10.6 Å². The number of benzene rings is 1. The molecule has 0 radical (unpaired) electrons. The quantitative estimate of drug-likeness (QED) is 0.640. The molecule has 5 nitrogen and oxygen atoms in total. The number of carbonyl (C=O) groups is 1. The van der Waals surface area contributed by atoms with E-state index in [1.54, 1.807) is 31.4 Å². The van der Waals surface area contributed by atoms with Gasteiger partial charge in [0.25, 0.3) is 5.91 Å². The van der Waals surface area contributed by atoms with Crippen LogP contribution < -0.4 is 11.3 Å². The van der Waals surface area contributed by atoms with E-state index in [9.17, 15) is 4.79 Å². The van der Waals surface area contributed by atoms with Gasteiger partial charge in [-0.1, -0.05) is 6.92 Å². The molecule has 1 fully saturated rings. The van der Waals surface area contributed by atoms with E-state index in [0.717, 1.165) is 18.7 Å². The van der Waals surface area contributed by atoms with Crippen molar-refractivity contribution in [3.05, 3.63) is 29.8 Å². The van der Waals surface area contributed by atoms with Gasteiger partial charge in [0.05, 0.1) is 6.10 Å². The van der Waals surface area contributed by atoms with Crippen molar-refractivity contribution in [3.63, 3.8) is 0 Å². The molecule has 0 bridgehead atoms. The van der Waals surface area contributed by atoms with Crippen LogP contribution in [0, 0.1) is 5.92 Å². The molecule has 0 spiro atoms. The molecule has 2 rings (SSSR count). The summed E-state index contributed by atoms with van der Waals surface area (Å²) >= 11 is 0. The van der Waals surface area contributed by atoms with Crippen LogP contribution in [0.3, 0.4) is 0 Å². The number of hydrogen-bond acceptors (Lipinski definition) is 4. The van der Waals surface area contributed by atoms with Gasteiger partial charge < -0.3 is 15.1 Å². The molecule has 2 unspecified atom stereocenters. The molecule has 3 N–H and O–H groups in total. The number of piperidine rings is 1. The Bertz CT molecular complexity index is 433. The molecule has 0 saturated carbocycles. The summed E-state index contributed by atoms with van der Waals surface area (Å²) in [5.74, 6) is 5.86. The van der Waals surface area contributed by atoms with Crippen molar-refractivity contribution in [3.8, 4) is 0 Å². The average molecular weight is 263 g/mol. The topological polar surface area (TPSA) is 67.6 Å². The number of methoxy groups -OCH3 is 1. The lowest BCUT2D eigenvalue weighted by molar-refractivity contribution is -0.00156. The fourth-order valence-corrected chi connectivity index (χ4v) is 2.42. The highest BCUT2D eigenvalue weighted by Gasteiger charge is 2.29. The maximum absolute atomic E-state index is 12.4. The van der Waals surface area contributed by atoms with Crippen LogP contribution in [0.4, 0.5) is 5.69 Å². The highest BCUT2D eigenvalue weighted by molar-refractivity contribution is 5.94. The lowest BCUT2D eigenvalue weighted by Crippen LogP contribution is -2.46. The third-order valence-electron chi connectivity index (χ3n) is 3.78. The summed E-state index contributed by atoms with van der Waals surface area (Å²) in [6, 6.07) is 7.18. The van der Waals surface area contributed by atoms with Crippen LogP contribution in [0.2, 0.25) is 0 Å². The molecule has 2 atom stereocenters. The Morgan fingerprint density at radius 1 is 1.42 bits per heavy atom. The number of nitrogens with zero attached hydrogens (tertiary/aromatic N) is 1. The smallest absolute Gasteiger partial charge is 0.253 e. The van der Waals surface area contributed by atoms with E-state index in [0.29, 0.717) is 18.0 Å². The van der Waals surface area contributed by atoms with Gasteiger partial charge in [-0.25, -0.2) is 0 Å². The zero-order valence-electron chi connectivity index (χ0n) is 11.4. The van der Waals surface area contributed by atoms with Crippen molar-refractivity contribution in [1.82, 2.24) is 4.90 Å². The van der Waals surface area contributed by atoms with E-state index in [1.165, 1.54) is 0 Å². The molecule has 19 heavy (non-hydrogen) atoms. The SMILES string of the molecule is COC1CN(C(=O)c2ccc(NN)cc2)CCC1C. The number of nitrogens with two attached hydrogens (primary N) is 1. The van der Waals surface area contributed by atoms with Crippen molar-refractivity contribution in [2.24, 2.45) is 11.8 Å². The predicted octanol–water partition coefficient (Wildman–Crippen LogP) is 1.47. The first kappa shape index (κ1) is 13.8. The van der Waals surface area contributed by atoms with E-state index in [1.807, 2.05) is 4.90 Å². The number of hydrazine groups is 1. The fourth-order valence-electron chi connectivity index (χ4n) is 2.42. The number of nitrogens with one attached hydrogen (secondary N) is 1. The Balaban J connectivity index is 2.06. The second-order valence-electron chi connectivity index (χ2n) is 5.01. The van der Waals surface area contributed by atoms with Crippen LogP contribution in [0.1, 0.15) is 23.7 Å². The summed E-state index contributed by atoms with van der Waals surface area (Å²) in [4.78, 5) is 14.2. The van der Waals surface area contributed by atoms with E-state index in [4.69, 9.17) is 10.6 Å². The number of likely N-dealkylation sites (tertiary alicyclic amines) is 1. The summed E-state index contributed by atoms with van der Waals surface area (Å²) in [6.45, 7) is 3.61. The number of rotatable bonds is 3. The van der Waals surface area contributed by atoms with Crippen molar-refractivity contribution < 1.29 is 9.53 Å². The van der Waals surface area contributed by atoms with Gasteiger partial charge >= 0.3 is 0 Å². The maximum Gasteiger partial charge on any atom is 0.253 e. The van der Waals surface area contributed by atoms with E-state index in [-0.39, 0.29) is 12.0 Å². The minimum absolute atomic E-state index is 0.0533. The van der Waals surface area contributed by atoms with Crippen molar-refractivity contribution in [2.45, 2.75) is 19.4 Å². The van der Waals surface area contributed by atoms with E-state index >= 15 is 0 Å².